The first-order valence-corrected chi connectivity index (χ1v) is 6.40. The van der Waals surface area contributed by atoms with E-state index < -0.39 is 0 Å². The zero-order valence-corrected chi connectivity index (χ0v) is 11.3. The minimum absolute atomic E-state index is 0.130. The van der Waals surface area contributed by atoms with Crippen LogP contribution in [0.4, 0.5) is 5.69 Å². The van der Waals surface area contributed by atoms with Gasteiger partial charge in [-0.05, 0) is 42.8 Å². The summed E-state index contributed by atoms with van der Waals surface area (Å²) in [7, 11) is 0. The van der Waals surface area contributed by atoms with Gasteiger partial charge < -0.3 is 11.1 Å². The monoisotopic (exact) mass is 267 g/mol. The molecule has 1 aromatic carbocycles. The lowest BCUT2D eigenvalue weighted by atomic mass is 10.2. The molecule has 0 bridgehead atoms. The zero-order valence-electron chi connectivity index (χ0n) is 11.3. The average Bonchev–Trinajstić information content (AvgIpc) is 2.46. The lowest BCUT2D eigenvalue weighted by Crippen LogP contribution is -2.25. The number of nitrogens with one attached hydrogen (secondary N) is 1. The van der Waals surface area contributed by atoms with Crippen LogP contribution >= 0.6 is 0 Å². The Balaban J connectivity index is 1.96. The molecule has 0 saturated heterocycles. The van der Waals surface area contributed by atoms with Gasteiger partial charge in [0.05, 0.1) is 11.7 Å². The Hall–Kier alpha value is -2.62. The van der Waals surface area contributed by atoms with Crippen molar-refractivity contribution >= 4 is 17.7 Å². The molecule has 0 aliphatic carbocycles. The molecule has 0 saturated carbocycles. The largest absolute Gasteiger partial charge is 0.399 e. The minimum Gasteiger partial charge on any atom is -0.399 e. The molecule has 2 aromatic rings. The molecule has 4 heteroatoms. The molecule has 102 valence electrons. The van der Waals surface area contributed by atoms with Crippen LogP contribution < -0.4 is 11.1 Å². The number of amides is 1. The number of aromatic nitrogens is 1. The molecule has 2 rings (SSSR count). The van der Waals surface area contributed by atoms with Crippen molar-refractivity contribution in [1.82, 2.24) is 10.3 Å². The van der Waals surface area contributed by atoms with E-state index in [1.54, 1.807) is 18.3 Å². The summed E-state index contributed by atoms with van der Waals surface area (Å²) in [4.78, 5) is 16.0. The first-order valence-electron chi connectivity index (χ1n) is 6.40. The summed E-state index contributed by atoms with van der Waals surface area (Å²) >= 11 is 0. The molecular weight excluding hydrogens is 250 g/mol. The molecule has 4 nitrogen and oxygen atoms in total. The van der Waals surface area contributed by atoms with E-state index in [4.69, 9.17) is 5.73 Å². The summed E-state index contributed by atoms with van der Waals surface area (Å²) in [5.41, 5.74) is 8.08. The average molecular weight is 267 g/mol. The van der Waals surface area contributed by atoms with Gasteiger partial charge in [0.2, 0.25) is 5.91 Å². The second kappa shape index (κ2) is 6.52. The Labute approximate surface area is 118 Å². The van der Waals surface area contributed by atoms with Crippen LogP contribution in [0, 0.1) is 0 Å². The van der Waals surface area contributed by atoms with E-state index in [0.717, 1.165) is 11.3 Å². The highest BCUT2D eigenvalue weighted by Crippen LogP contribution is 2.09. The van der Waals surface area contributed by atoms with E-state index >= 15 is 0 Å². The van der Waals surface area contributed by atoms with E-state index in [9.17, 15) is 4.79 Å². The fraction of sp³-hybridized carbons (Fsp3) is 0.125. The number of rotatable bonds is 4. The number of nitrogens with two attached hydrogens (primary N) is 1. The molecule has 0 radical (unpaired) electrons. The molecule has 1 atom stereocenters. The number of nitrogen functional groups attached to an aromatic ring is 1. The number of hydrogen-bond acceptors (Lipinski definition) is 3. The van der Waals surface area contributed by atoms with Gasteiger partial charge in [-0.15, -0.1) is 0 Å². The maximum atomic E-state index is 11.8. The van der Waals surface area contributed by atoms with Crippen LogP contribution in [-0.4, -0.2) is 10.9 Å². The first-order chi connectivity index (χ1) is 9.65. The number of benzene rings is 1. The number of carbonyl (C=O) groups excluding carboxylic acids is 1. The van der Waals surface area contributed by atoms with Crippen molar-refractivity contribution in [2.75, 3.05) is 5.73 Å². The molecule has 1 heterocycles. The third-order valence-corrected chi connectivity index (χ3v) is 2.83. The second-order valence-electron chi connectivity index (χ2n) is 4.49. The molecule has 0 aliphatic rings. The summed E-state index contributed by atoms with van der Waals surface area (Å²) in [5, 5.41) is 2.86. The Bertz CT molecular complexity index is 608. The fourth-order valence-corrected chi connectivity index (χ4v) is 1.80. The van der Waals surface area contributed by atoms with Crippen LogP contribution in [0.25, 0.3) is 6.08 Å². The fourth-order valence-electron chi connectivity index (χ4n) is 1.80. The third-order valence-electron chi connectivity index (χ3n) is 2.83. The number of hydrogen-bond donors (Lipinski definition) is 2. The van der Waals surface area contributed by atoms with Crippen molar-refractivity contribution in [3.8, 4) is 0 Å². The van der Waals surface area contributed by atoms with Crippen LogP contribution in [0.1, 0.15) is 24.2 Å². The normalized spacial score (nSPS) is 12.2. The molecule has 0 unspecified atom stereocenters. The van der Waals surface area contributed by atoms with E-state index in [1.165, 1.54) is 6.08 Å². The van der Waals surface area contributed by atoms with Crippen molar-refractivity contribution in [1.29, 1.82) is 0 Å². The van der Waals surface area contributed by atoms with Crippen LogP contribution in [-0.2, 0) is 4.79 Å². The van der Waals surface area contributed by atoms with Gasteiger partial charge in [-0.25, -0.2) is 0 Å². The van der Waals surface area contributed by atoms with Crippen molar-refractivity contribution in [3.05, 3.63) is 66.0 Å². The maximum Gasteiger partial charge on any atom is 0.244 e. The van der Waals surface area contributed by atoms with Gasteiger partial charge in [0.1, 0.15) is 0 Å². The van der Waals surface area contributed by atoms with Crippen LogP contribution in [0.15, 0.2) is 54.7 Å². The minimum atomic E-state index is -0.162. The highest BCUT2D eigenvalue weighted by molar-refractivity contribution is 5.92. The Morgan fingerprint density at radius 1 is 1.30 bits per heavy atom. The summed E-state index contributed by atoms with van der Waals surface area (Å²) in [6.45, 7) is 1.90. The Morgan fingerprint density at radius 3 is 2.85 bits per heavy atom. The zero-order chi connectivity index (χ0) is 14.4. The van der Waals surface area contributed by atoms with Gasteiger partial charge in [-0.1, -0.05) is 18.2 Å². The van der Waals surface area contributed by atoms with Crippen molar-refractivity contribution in [2.24, 2.45) is 0 Å². The molecule has 20 heavy (non-hydrogen) atoms. The topological polar surface area (TPSA) is 68.0 Å². The van der Waals surface area contributed by atoms with E-state index in [2.05, 4.69) is 10.3 Å². The highest BCUT2D eigenvalue weighted by Gasteiger charge is 2.07. The lowest BCUT2D eigenvalue weighted by molar-refractivity contribution is -0.117. The van der Waals surface area contributed by atoms with Crippen molar-refractivity contribution < 1.29 is 4.79 Å². The third kappa shape index (κ3) is 3.95. The van der Waals surface area contributed by atoms with Crippen molar-refractivity contribution in [2.45, 2.75) is 13.0 Å². The summed E-state index contributed by atoms with van der Waals surface area (Å²) < 4.78 is 0. The SMILES string of the molecule is C[C@@H](NC(=O)/C=C/c1cccc(N)c1)c1ccccn1. The van der Waals surface area contributed by atoms with Gasteiger partial charge in [0.15, 0.2) is 0 Å². The Morgan fingerprint density at radius 2 is 2.15 bits per heavy atom. The van der Waals surface area contributed by atoms with Gasteiger partial charge in [0.25, 0.3) is 0 Å². The molecule has 0 fully saturated rings. The molecule has 3 N–H and O–H groups in total. The van der Waals surface area contributed by atoms with Crippen molar-refractivity contribution in [3.63, 3.8) is 0 Å². The number of pyridine rings is 1. The van der Waals surface area contributed by atoms with Gasteiger partial charge >= 0.3 is 0 Å². The molecule has 0 spiro atoms. The van der Waals surface area contributed by atoms with Gasteiger partial charge in [-0.3, -0.25) is 9.78 Å². The van der Waals surface area contributed by atoms with Crippen LogP contribution in [0.3, 0.4) is 0 Å². The predicted octanol–water partition coefficient (Wildman–Crippen LogP) is 2.55. The second-order valence-corrected chi connectivity index (χ2v) is 4.49. The van der Waals surface area contributed by atoms with Gasteiger partial charge in [-0.2, -0.15) is 0 Å². The van der Waals surface area contributed by atoms with E-state index in [0.29, 0.717) is 5.69 Å². The molecule has 1 amide bonds. The molecular formula is C16H17N3O. The summed E-state index contributed by atoms with van der Waals surface area (Å²) in [5.74, 6) is -0.162. The quantitative estimate of drug-likeness (QED) is 0.660. The first kappa shape index (κ1) is 13.8. The smallest absolute Gasteiger partial charge is 0.244 e. The molecule has 0 aliphatic heterocycles. The van der Waals surface area contributed by atoms with Gasteiger partial charge in [0, 0.05) is 18.0 Å². The standard InChI is InChI=1S/C16H17N3O/c1-12(15-7-2-3-10-18-15)19-16(20)9-8-13-5-4-6-14(17)11-13/h2-12H,17H2,1H3,(H,19,20)/b9-8+/t12-/m1/s1. The predicted molar refractivity (Wildman–Crippen MR) is 80.7 cm³/mol. The van der Waals surface area contributed by atoms with E-state index in [-0.39, 0.29) is 11.9 Å². The number of anilines is 1. The summed E-state index contributed by atoms with van der Waals surface area (Å²) in [6, 6.07) is 12.9. The molecule has 1 aromatic heterocycles. The highest BCUT2D eigenvalue weighted by atomic mass is 16.1. The van der Waals surface area contributed by atoms with E-state index in [1.807, 2.05) is 43.3 Å². The van der Waals surface area contributed by atoms with Crippen LogP contribution in [0.5, 0.6) is 0 Å². The number of carbonyl (C=O) groups is 1. The lowest BCUT2D eigenvalue weighted by Gasteiger charge is -2.11. The Kier molecular flexibility index (Phi) is 4.50. The number of nitrogens with zero attached hydrogens (tertiary/aromatic N) is 1. The maximum absolute atomic E-state index is 11.8. The van der Waals surface area contributed by atoms with Crippen LogP contribution in [0.2, 0.25) is 0 Å². The summed E-state index contributed by atoms with van der Waals surface area (Å²) in [6.07, 6.45) is 4.94.